The third kappa shape index (κ3) is 7.87. The summed E-state index contributed by atoms with van der Waals surface area (Å²) in [4.78, 5) is 24.5. The summed E-state index contributed by atoms with van der Waals surface area (Å²) in [6.07, 6.45) is 0.512. The van der Waals surface area contributed by atoms with Crippen LogP contribution in [0, 0.1) is 0 Å². The van der Waals surface area contributed by atoms with Crippen molar-refractivity contribution in [2.45, 2.75) is 45.3 Å². The number of hydrogen-bond acceptors (Lipinski definition) is 4. The van der Waals surface area contributed by atoms with Crippen LogP contribution in [0.3, 0.4) is 0 Å². The minimum Gasteiger partial charge on any atom is -0.444 e. The lowest BCUT2D eigenvalue weighted by atomic mass is 10.2. The van der Waals surface area contributed by atoms with Gasteiger partial charge < -0.3 is 25.4 Å². The first-order valence-electron chi connectivity index (χ1n) is 7.52. The Bertz CT molecular complexity index is 355. The molecule has 21 heavy (non-hydrogen) atoms. The van der Waals surface area contributed by atoms with E-state index in [0.717, 1.165) is 13.0 Å². The highest BCUT2D eigenvalue weighted by molar-refractivity contribution is 5.78. The number of nitrogens with two attached hydrogens (primary N) is 1. The number of ether oxygens (including phenoxy) is 1. The molecule has 0 aliphatic carbocycles. The van der Waals surface area contributed by atoms with E-state index in [0.29, 0.717) is 32.6 Å². The van der Waals surface area contributed by atoms with Crippen LogP contribution in [-0.2, 0) is 9.53 Å². The molecule has 1 rings (SSSR count). The van der Waals surface area contributed by atoms with Gasteiger partial charge in [-0.3, -0.25) is 4.79 Å². The summed E-state index contributed by atoms with van der Waals surface area (Å²) in [5, 5.41) is 14.4. The molecule has 1 aliphatic heterocycles. The van der Waals surface area contributed by atoms with Crippen LogP contribution in [0.25, 0.3) is 0 Å². The number of aliphatic hydroxyl groups excluding tert-OH is 1. The fraction of sp³-hybridized carbons (Fsp3) is 0.857. The first-order chi connectivity index (χ1) is 9.78. The van der Waals surface area contributed by atoms with Crippen LogP contribution in [0.15, 0.2) is 0 Å². The Balaban J connectivity index is 2.03. The fourth-order valence-corrected chi connectivity index (χ4v) is 2.13. The maximum absolute atomic E-state index is 11.4. The van der Waals surface area contributed by atoms with E-state index < -0.39 is 17.8 Å². The quantitative estimate of drug-likeness (QED) is 0.529. The van der Waals surface area contributed by atoms with Gasteiger partial charge in [-0.25, -0.2) is 4.79 Å². The zero-order chi connectivity index (χ0) is 15.9. The van der Waals surface area contributed by atoms with Gasteiger partial charge in [-0.1, -0.05) is 0 Å². The molecule has 1 aliphatic rings. The maximum Gasteiger partial charge on any atom is 0.407 e. The van der Waals surface area contributed by atoms with Crippen LogP contribution in [0.4, 0.5) is 4.79 Å². The molecule has 2 amide bonds. The minimum absolute atomic E-state index is 0.126. The van der Waals surface area contributed by atoms with Gasteiger partial charge in [0.25, 0.3) is 0 Å². The van der Waals surface area contributed by atoms with E-state index in [1.807, 2.05) is 26.1 Å². The molecule has 4 N–H and O–H groups in total. The van der Waals surface area contributed by atoms with E-state index in [1.165, 1.54) is 0 Å². The molecule has 1 heterocycles. The number of carbonyl (C=O) groups excluding carboxylic acids is 2. The van der Waals surface area contributed by atoms with Crippen molar-refractivity contribution in [2.24, 2.45) is 0 Å². The smallest absolute Gasteiger partial charge is 0.407 e. The molecule has 0 bridgehead atoms. The van der Waals surface area contributed by atoms with E-state index in [-0.39, 0.29) is 5.91 Å². The van der Waals surface area contributed by atoms with Gasteiger partial charge in [-0.15, -0.1) is 0 Å². The summed E-state index contributed by atoms with van der Waals surface area (Å²) in [7, 11) is 0. The Labute approximate surface area is 126 Å². The third-order valence-electron chi connectivity index (χ3n) is 3.06. The number of carbonyl (C=O) groups is 2. The lowest BCUT2D eigenvalue weighted by Gasteiger charge is -2.20. The number of nitrogens with one attached hydrogen (secondary N) is 1. The SMILES string of the molecule is CC(C)(C)OC(=O)NCC[NH2+]C[C@@H](O)CN1CCCC1=O. The molecular weight excluding hydrogens is 274 g/mol. The van der Waals surface area contributed by atoms with Gasteiger partial charge in [0.15, 0.2) is 0 Å². The third-order valence-corrected chi connectivity index (χ3v) is 3.06. The number of nitrogens with zero attached hydrogens (tertiary/aromatic N) is 1. The molecule has 0 radical (unpaired) electrons. The van der Waals surface area contributed by atoms with Gasteiger partial charge in [-0.05, 0) is 27.2 Å². The van der Waals surface area contributed by atoms with Gasteiger partial charge in [0.1, 0.15) is 18.2 Å². The van der Waals surface area contributed by atoms with Crippen LogP contribution in [0.5, 0.6) is 0 Å². The number of quaternary nitrogens is 1. The predicted octanol–water partition coefficient (Wildman–Crippen LogP) is -0.942. The highest BCUT2D eigenvalue weighted by Gasteiger charge is 2.23. The first-order valence-corrected chi connectivity index (χ1v) is 7.52. The van der Waals surface area contributed by atoms with Gasteiger partial charge in [0.2, 0.25) is 5.91 Å². The average Bonchev–Trinajstić information content (AvgIpc) is 2.72. The van der Waals surface area contributed by atoms with Crippen molar-refractivity contribution in [3.8, 4) is 0 Å². The standard InChI is InChI=1S/C14H27N3O4/c1-14(2,3)21-13(20)16-7-6-15-9-11(18)10-17-8-4-5-12(17)19/h11,15,18H,4-10H2,1-3H3,(H,16,20)/p+1/t11-/m1/s1. The lowest BCUT2D eigenvalue weighted by Crippen LogP contribution is -2.88. The Hall–Kier alpha value is -1.34. The number of likely N-dealkylation sites (tertiary alicyclic amines) is 1. The van der Waals surface area contributed by atoms with Crippen molar-refractivity contribution >= 4 is 12.0 Å². The number of rotatable bonds is 7. The van der Waals surface area contributed by atoms with Crippen LogP contribution < -0.4 is 10.6 Å². The second-order valence-electron chi connectivity index (χ2n) is 6.34. The predicted molar refractivity (Wildman–Crippen MR) is 77.7 cm³/mol. The van der Waals surface area contributed by atoms with Gasteiger partial charge in [0.05, 0.1) is 19.6 Å². The molecule has 0 spiro atoms. The van der Waals surface area contributed by atoms with E-state index >= 15 is 0 Å². The van der Waals surface area contributed by atoms with Crippen molar-refractivity contribution in [1.82, 2.24) is 10.2 Å². The highest BCUT2D eigenvalue weighted by Crippen LogP contribution is 2.09. The normalized spacial score (nSPS) is 17.0. The maximum atomic E-state index is 11.4. The molecule has 7 heteroatoms. The van der Waals surface area contributed by atoms with Crippen LogP contribution in [0.1, 0.15) is 33.6 Å². The second kappa shape index (κ2) is 8.19. The Morgan fingerprint density at radius 2 is 2.24 bits per heavy atom. The summed E-state index contributed by atoms with van der Waals surface area (Å²) in [6, 6.07) is 0. The molecule has 7 nitrogen and oxygen atoms in total. The molecule has 122 valence electrons. The van der Waals surface area contributed by atoms with Gasteiger partial charge in [0, 0.05) is 13.0 Å². The molecule has 0 aromatic carbocycles. The molecule has 0 aromatic heterocycles. The second-order valence-corrected chi connectivity index (χ2v) is 6.34. The molecule has 1 atom stereocenters. The monoisotopic (exact) mass is 302 g/mol. The Kier molecular flexibility index (Phi) is 6.91. The van der Waals surface area contributed by atoms with Crippen molar-refractivity contribution in [2.75, 3.05) is 32.7 Å². The fourth-order valence-electron chi connectivity index (χ4n) is 2.13. The average molecular weight is 302 g/mol. The molecule has 1 saturated heterocycles. The van der Waals surface area contributed by atoms with Gasteiger partial charge >= 0.3 is 6.09 Å². The lowest BCUT2D eigenvalue weighted by molar-refractivity contribution is -0.659. The number of β-amino-alcohol motifs (C(OH)–C–C–N with tert-alkyl or cyclic N) is 1. The summed E-state index contributed by atoms with van der Waals surface area (Å²) in [5.74, 6) is 0.126. The zero-order valence-electron chi connectivity index (χ0n) is 13.2. The minimum atomic E-state index is -0.534. The van der Waals surface area contributed by atoms with Crippen molar-refractivity contribution < 1.29 is 24.7 Å². The molecule has 1 fully saturated rings. The van der Waals surface area contributed by atoms with Crippen LogP contribution in [0.2, 0.25) is 0 Å². The molecule has 0 aromatic rings. The topological polar surface area (TPSA) is 95.5 Å². The van der Waals surface area contributed by atoms with Crippen molar-refractivity contribution in [3.63, 3.8) is 0 Å². The van der Waals surface area contributed by atoms with Gasteiger partial charge in [-0.2, -0.15) is 0 Å². The van der Waals surface area contributed by atoms with Crippen molar-refractivity contribution in [1.29, 1.82) is 0 Å². The Morgan fingerprint density at radius 1 is 1.52 bits per heavy atom. The largest absolute Gasteiger partial charge is 0.444 e. The van der Waals surface area contributed by atoms with E-state index in [9.17, 15) is 14.7 Å². The van der Waals surface area contributed by atoms with Crippen LogP contribution in [-0.4, -0.2) is 66.4 Å². The highest BCUT2D eigenvalue weighted by atomic mass is 16.6. The van der Waals surface area contributed by atoms with E-state index in [2.05, 4.69) is 5.32 Å². The van der Waals surface area contributed by atoms with Crippen LogP contribution >= 0.6 is 0 Å². The molecular formula is C14H28N3O4+. The van der Waals surface area contributed by atoms with E-state index in [1.54, 1.807) is 4.90 Å². The first kappa shape index (κ1) is 17.7. The molecule has 0 saturated carbocycles. The zero-order valence-corrected chi connectivity index (χ0v) is 13.2. The van der Waals surface area contributed by atoms with E-state index in [4.69, 9.17) is 4.74 Å². The van der Waals surface area contributed by atoms with Crippen molar-refractivity contribution in [3.05, 3.63) is 0 Å². The number of amides is 2. The summed E-state index contributed by atoms with van der Waals surface area (Å²) in [5.41, 5.74) is -0.494. The number of aliphatic hydroxyl groups is 1. The Morgan fingerprint density at radius 3 is 2.81 bits per heavy atom. The number of alkyl carbamates (subject to hydrolysis) is 1. The number of hydrogen-bond donors (Lipinski definition) is 3. The summed E-state index contributed by atoms with van der Waals surface area (Å²) in [6.45, 7) is 8.23. The molecule has 0 unspecified atom stereocenters. The summed E-state index contributed by atoms with van der Waals surface area (Å²) < 4.78 is 5.11. The summed E-state index contributed by atoms with van der Waals surface area (Å²) >= 11 is 0.